The standard InChI is InChI=1S/C14H18O8S/c1-8-3-5-10(6-4-8)23(18,19)22-12-11(7-15)21-14(17)13(12)20-9(2)16/h3-6,11-15,17H,7H2,1-2H3/t11-,12+,13?,14?/m1/s1. The van der Waals surface area contributed by atoms with Gasteiger partial charge in [-0.1, -0.05) is 17.7 Å². The summed E-state index contributed by atoms with van der Waals surface area (Å²) in [6, 6.07) is 5.93. The molecule has 8 nitrogen and oxygen atoms in total. The predicted octanol–water partition coefficient (Wildman–Crippen LogP) is -0.290. The van der Waals surface area contributed by atoms with E-state index in [1.807, 2.05) is 0 Å². The first kappa shape index (κ1) is 17.8. The second-order valence-electron chi connectivity index (χ2n) is 5.15. The first-order valence-corrected chi connectivity index (χ1v) is 8.27. The third-order valence-electron chi connectivity index (χ3n) is 3.31. The van der Waals surface area contributed by atoms with E-state index in [-0.39, 0.29) is 4.90 Å². The van der Waals surface area contributed by atoms with Crippen LogP contribution in [0.3, 0.4) is 0 Å². The molecule has 4 atom stereocenters. The Hall–Kier alpha value is -1.52. The second-order valence-corrected chi connectivity index (χ2v) is 6.72. The van der Waals surface area contributed by atoms with Gasteiger partial charge in [0.2, 0.25) is 0 Å². The number of aliphatic hydroxyl groups is 2. The maximum absolute atomic E-state index is 12.3. The Morgan fingerprint density at radius 1 is 1.26 bits per heavy atom. The molecule has 1 aromatic rings. The molecular formula is C14H18O8S. The van der Waals surface area contributed by atoms with E-state index in [4.69, 9.17) is 13.7 Å². The van der Waals surface area contributed by atoms with Crippen LogP contribution >= 0.6 is 0 Å². The predicted molar refractivity (Wildman–Crippen MR) is 76.8 cm³/mol. The minimum Gasteiger partial charge on any atom is -0.454 e. The molecule has 1 heterocycles. The molecule has 0 aromatic heterocycles. The summed E-state index contributed by atoms with van der Waals surface area (Å²) in [4.78, 5) is 11.0. The number of hydrogen-bond donors (Lipinski definition) is 2. The van der Waals surface area contributed by atoms with Gasteiger partial charge in [-0.25, -0.2) is 0 Å². The van der Waals surface area contributed by atoms with E-state index >= 15 is 0 Å². The van der Waals surface area contributed by atoms with Crippen LogP contribution in [0.2, 0.25) is 0 Å². The van der Waals surface area contributed by atoms with E-state index in [1.54, 1.807) is 19.1 Å². The number of hydrogen-bond acceptors (Lipinski definition) is 8. The van der Waals surface area contributed by atoms with Crippen molar-refractivity contribution in [3.63, 3.8) is 0 Å². The Kier molecular flexibility index (Phi) is 5.37. The van der Waals surface area contributed by atoms with Crippen LogP contribution < -0.4 is 0 Å². The fraction of sp³-hybridized carbons (Fsp3) is 0.500. The zero-order valence-electron chi connectivity index (χ0n) is 12.6. The summed E-state index contributed by atoms with van der Waals surface area (Å²) in [5, 5.41) is 19.0. The fourth-order valence-electron chi connectivity index (χ4n) is 2.20. The van der Waals surface area contributed by atoms with Crippen molar-refractivity contribution >= 4 is 16.1 Å². The quantitative estimate of drug-likeness (QED) is 0.551. The van der Waals surface area contributed by atoms with Gasteiger partial charge in [-0.2, -0.15) is 8.42 Å². The first-order valence-electron chi connectivity index (χ1n) is 6.86. The summed E-state index contributed by atoms with van der Waals surface area (Å²) in [5.41, 5.74) is 0.870. The molecule has 2 rings (SSSR count). The highest BCUT2D eigenvalue weighted by molar-refractivity contribution is 7.86. The van der Waals surface area contributed by atoms with Gasteiger partial charge >= 0.3 is 5.97 Å². The number of rotatable bonds is 5. The van der Waals surface area contributed by atoms with E-state index in [2.05, 4.69) is 0 Å². The van der Waals surface area contributed by atoms with Gasteiger partial charge in [-0.3, -0.25) is 8.98 Å². The highest BCUT2D eigenvalue weighted by atomic mass is 32.2. The van der Waals surface area contributed by atoms with Gasteiger partial charge in [0.25, 0.3) is 10.1 Å². The number of esters is 1. The van der Waals surface area contributed by atoms with E-state index < -0.39 is 47.3 Å². The molecule has 1 fully saturated rings. The van der Waals surface area contributed by atoms with Crippen molar-refractivity contribution in [3.8, 4) is 0 Å². The summed E-state index contributed by atoms with van der Waals surface area (Å²) in [7, 11) is -4.19. The molecule has 2 N–H and O–H groups in total. The molecule has 1 aliphatic heterocycles. The van der Waals surface area contributed by atoms with E-state index in [9.17, 15) is 23.4 Å². The average Bonchev–Trinajstić information content (AvgIpc) is 2.75. The molecule has 0 aliphatic carbocycles. The monoisotopic (exact) mass is 346 g/mol. The van der Waals surface area contributed by atoms with Crippen LogP contribution in [0.15, 0.2) is 29.2 Å². The lowest BCUT2D eigenvalue weighted by molar-refractivity contribution is -0.170. The molecular weight excluding hydrogens is 328 g/mol. The lowest BCUT2D eigenvalue weighted by Crippen LogP contribution is -2.41. The number of aliphatic hydroxyl groups excluding tert-OH is 2. The molecule has 23 heavy (non-hydrogen) atoms. The molecule has 0 amide bonds. The molecule has 2 unspecified atom stereocenters. The maximum Gasteiger partial charge on any atom is 0.303 e. The number of carbonyl (C=O) groups is 1. The number of carbonyl (C=O) groups excluding carboxylic acids is 1. The molecule has 9 heteroatoms. The topological polar surface area (TPSA) is 119 Å². The molecule has 128 valence electrons. The highest BCUT2D eigenvalue weighted by Gasteiger charge is 2.49. The number of ether oxygens (including phenoxy) is 2. The van der Waals surface area contributed by atoms with Crippen LogP contribution in [0.1, 0.15) is 12.5 Å². The van der Waals surface area contributed by atoms with Crippen LogP contribution in [-0.4, -0.2) is 55.8 Å². The van der Waals surface area contributed by atoms with Crippen molar-refractivity contribution in [2.24, 2.45) is 0 Å². The van der Waals surface area contributed by atoms with Crippen molar-refractivity contribution < 1.29 is 37.1 Å². The Bertz CT molecular complexity index is 654. The van der Waals surface area contributed by atoms with Crippen molar-refractivity contribution in [3.05, 3.63) is 29.8 Å². The summed E-state index contributed by atoms with van der Waals surface area (Å²) in [6.07, 6.45) is -5.45. The van der Waals surface area contributed by atoms with Crippen LogP contribution in [0, 0.1) is 6.92 Å². The molecule has 0 spiro atoms. The molecule has 0 bridgehead atoms. The zero-order chi connectivity index (χ0) is 17.2. The minimum atomic E-state index is -4.19. The first-order chi connectivity index (χ1) is 10.7. The number of aryl methyl sites for hydroxylation is 1. The molecule has 1 aromatic carbocycles. The zero-order valence-corrected chi connectivity index (χ0v) is 13.4. The maximum atomic E-state index is 12.3. The number of benzene rings is 1. The van der Waals surface area contributed by atoms with Crippen LogP contribution in [0.5, 0.6) is 0 Å². The second kappa shape index (κ2) is 6.93. The van der Waals surface area contributed by atoms with Gasteiger partial charge in [0.15, 0.2) is 12.4 Å². The Morgan fingerprint density at radius 2 is 1.87 bits per heavy atom. The van der Waals surface area contributed by atoms with Gasteiger partial charge in [0, 0.05) is 6.92 Å². The van der Waals surface area contributed by atoms with Crippen molar-refractivity contribution in [1.82, 2.24) is 0 Å². The van der Waals surface area contributed by atoms with Crippen molar-refractivity contribution in [2.45, 2.75) is 43.3 Å². The van der Waals surface area contributed by atoms with Gasteiger partial charge in [-0.05, 0) is 19.1 Å². The van der Waals surface area contributed by atoms with E-state index in [0.29, 0.717) is 0 Å². The third-order valence-corrected chi connectivity index (χ3v) is 4.64. The molecule has 1 saturated heterocycles. The van der Waals surface area contributed by atoms with Crippen LogP contribution in [0.4, 0.5) is 0 Å². The Morgan fingerprint density at radius 3 is 2.39 bits per heavy atom. The largest absolute Gasteiger partial charge is 0.454 e. The summed E-state index contributed by atoms with van der Waals surface area (Å²) in [6.45, 7) is 2.30. The lowest BCUT2D eigenvalue weighted by Gasteiger charge is -2.21. The summed E-state index contributed by atoms with van der Waals surface area (Å²) in [5.74, 6) is -0.738. The Balaban J connectivity index is 2.26. The third kappa shape index (κ3) is 4.06. The SMILES string of the molecule is CC(=O)OC1C(O)O[C@H](CO)[C@@H]1OS(=O)(=O)c1ccc(C)cc1. The fourth-order valence-corrected chi connectivity index (χ4v) is 3.30. The highest BCUT2D eigenvalue weighted by Crippen LogP contribution is 2.28. The van der Waals surface area contributed by atoms with Crippen LogP contribution in [-0.2, 0) is 28.6 Å². The van der Waals surface area contributed by atoms with Gasteiger partial charge < -0.3 is 19.7 Å². The average molecular weight is 346 g/mol. The van der Waals surface area contributed by atoms with Gasteiger partial charge in [0.05, 0.1) is 11.5 Å². The molecule has 0 radical (unpaired) electrons. The lowest BCUT2D eigenvalue weighted by atomic mass is 10.1. The van der Waals surface area contributed by atoms with Crippen molar-refractivity contribution in [1.29, 1.82) is 0 Å². The smallest absolute Gasteiger partial charge is 0.303 e. The normalized spacial score (nSPS) is 27.8. The van der Waals surface area contributed by atoms with Crippen LogP contribution in [0.25, 0.3) is 0 Å². The molecule has 0 saturated carbocycles. The van der Waals surface area contributed by atoms with Gasteiger partial charge in [0.1, 0.15) is 12.2 Å². The van der Waals surface area contributed by atoms with Gasteiger partial charge in [-0.15, -0.1) is 0 Å². The van der Waals surface area contributed by atoms with Crippen molar-refractivity contribution in [2.75, 3.05) is 6.61 Å². The summed E-state index contributed by atoms with van der Waals surface area (Å²) < 4.78 is 39.5. The van der Waals surface area contributed by atoms with E-state index in [1.165, 1.54) is 12.1 Å². The van der Waals surface area contributed by atoms with E-state index in [0.717, 1.165) is 12.5 Å². The summed E-state index contributed by atoms with van der Waals surface area (Å²) >= 11 is 0. The molecule has 1 aliphatic rings. The minimum absolute atomic E-state index is 0.0947. The Labute approximate surface area is 133 Å².